The van der Waals surface area contributed by atoms with Gasteiger partial charge in [0.1, 0.15) is 0 Å². The first-order chi connectivity index (χ1) is 8.62. The summed E-state index contributed by atoms with van der Waals surface area (Å²) in [6, 6.07) is 11.6. The van der Waals surface area contributed by atoms with E-state index < -0.39 is 9.84 Å². The number of aliphatic hydroxyl groups is 1. The van der Waals surface area contributed by atoms with E-state index in [4.69, 9.17) is 5.11 Å². The van der Waals surface area contributed by atoms with Crippen LogP contribution >= 0.6 is 0 Å². The van der Waals surface area contributed by atoms with Gasteiger partial charge < -0.3 is 5.11 Å². The van der Waals surface area contributed by atoms with E-state index in [0.717, 1.165) is 5.56 Å². The molecule has 0 spiro atoms. The van der Waals surface area contributed by atoms with Crippen molar-refractivity contribution in [2.45, 2.75) is 17.4 Å². The molecule has 0 saturated heterocycles. The molecule has 94 valence electrons. The third-order valence-corrected chi connectivity index (χ3v) is 4.11. The zero-order valence-corrected chi connectivity index (χ0v) is 10.5. The molecule has 1 heterocycles. The number of aromatic nitrogens is 1. The van der Waals surface area contributed by atoms with E-state index in [1.807, 2.05) is 0 Å². The molecule has 0 radical (unpaired) electrons. The molecule has 18 heavy (non-hydrogen) atoms. The Morgan fingerprint density at radius 3 is 2.22 bits per heavy atom. The van der Waals surface area contributed by atoms with Crippen molar-refractivity contribution in [2.24, 2.45) is 0 Å². The number of nitrogens with zero attached hydrogens (tertiary/aromatic N) is 1. The average molecular weight is 263 g/mol. The first-order valence-corrected chi connectivity index (χ1v) is 7.09. The minimum absolute atomic E-state index is 0.0483. The highest BCUT2D eigenvalue weighted by Crippen LogP contribution is 2.14. The summed E-state index contributed by atoms with van der Waals surface area (Å²) in [5, 5.41) is 8.99. The monoisotopic (exact) mass is 263 g/mol. The first kappa shape index (κ1) is 12.7. The van der Waals surface area contributed by atoms with Gasteiger partial charge in [0, 0.05) is 6.20 Å². The maximum Gasteiger partial charge on any atom is 0.199 e. The molecule has 0 amide bonds. The van der Waals surface area contributed by atoms with Crippen LogP contribution in [-0.4, -0.2) is 18.5 Å². The lowest BCUT2D eigenvalue weighted by Gasteiger charge is -2.04. The Morgan fingerprint density at radius 1 is 1.00 bits per heavy atom. The predicted molar refractivity (Wildman–Crippen MR) is 67.5 cm³/mol. The van der Waals surface area contributed by atoms with Crippen molar-refractivity contribution in [1.29, 1.82) is 0 Å². The van der Waals surface area contributed by atoms with Gasteiger partial charge in [-0.1, -0.05) is 30.3 Å². The summed E-state index contributed by atoms with van der Waals surface area (Å²) in [6.07, 6.45) is 1.46. The van der Waals surface area contributed by atoms with E-state index in [2.05, 4.69) is 4.98 Å². The highest BCUT2D eigenvalue weighted by molar-refractivity contribution is 7.90. The van der Waals surface area contributed by atoms with E-state index >= 15 is 0 Å². The van der Waals surface area contributed by atoms with Crippen LogP contribution in [0.2, 0.25) is 0 Å². The molecule has 0 saturated carbocycles. The van der Waals surface area contributed by atoms with Crippen molar-refractivity contribution < 1.29 is 13.5 Å². The number of hydrogen-bond acceptors (Lipinski definition) is 4. The summed E-state index contributed by atoms with van der Waals surface area (Å²) < 4.78 is 24.1. The SMILES string of the molecule is O=S(=O)(Cc1ccc(CO)cc1)c1ccccn1. The second-order valence-corrected chi connectivity index (χ2v) is 5.84. The van der Waals surface area contributed by atoms with Gasteiger partial charge in [0.2, 0.25) is 0 Å². The summed E-state index contributed by atoms with van der Waals surface area (Å²) in [6.45, 7) is -0.0483. The quantitative estimate of drug-likeness (QED) is 0.908. The highest BCUT2D eigenvalue weighted by Gasteiger charge is 2.16. The normalized spacial score (nSPS) is 11.4. The second kappa shape index (κ2) is 5.29. The van der Waals surface area contributed by atoms with Crippen LogP contribution in [0.1, 0.15) is 11.1 Å². The lowest BCUT2D eigenvalue weighted by molar-refractivity contribution is 0.282. The van der Waals surface area contributed by atoms with Crippen molar-refractivity contribution >= 4 is 9.84 Å². The van der Waals surface area contributed by atoms with Gasteiger partial charge in [-0.15, -0.1) is 0 Å². The van der Waals surface area contributed by atoms with Crippen LogP contribution in [0.15, 0.2) is 53.7 Å². The Labute approximate surface area is 106 Å². The molecule has 2 aromatic rings. The van der Waals surface area contributed by atoms with Gasteiger partial charge in [-0.05, 0) is 23.3 Å². The van der Waals surface area contributed by atoms with Crippen molar-refractivity contribution in [3.63, 3.8) is 0 Å². The summed E-state index contributed by atoms with van der Waals surface area (Å²) in [7, 11) is -3.41. The van der Waals surface area contributed by atoms with Gasteiger partial charge >= 0.3 is 0 Å². The van der Waals surface area contributed by atoms with Crippen LogP contribution in [0.3, 0.4) is 0 Å². The van der Waals surface area contributed by atoms with E-state index in [-0.39, 0.29) is 17.4 Å². The summed E-state index contributed by atoms with van der Waals surface area (Å²) in [4.78, 5) is 3.85. The van der Waals surface area contributed by atoms with Crippen LogP contribution < -0.4 is 0 Å². The Bertz CT molecular complexity index is 606. The standard InChI is InChI=1S/C13H13NO3S/c15-9-11-4-6-12(7-5-11)10-18(16,17)13-3-1-2-8-14-13/h1-8,15H,9-10H2. The zero-order chi connectivity index (χ0) is 13.0. The van der Waals surface area contributed by atoms with E-state index in [9.17, 15) is 8.42 Å². The maximum absolute atomic E-state index is 12.0. The summed E-state index contributed by atoms with van der Waals surface area (Å²) in [5.41, 5.74) is 1.44. The van der Waals surface area contributed by atoms with Crippen LogP contribution in [0.4, 0.5) is 0 Å². The Kier molecular flexibility index (Phi) is 3.74. The first-order valence-electron chi connectivity index (χ1n) is 5.44. The van der Waals surface area contributed by atoms with Gasteiger partial charge in [-0.3, -0.25) is 0 Å². The second-order valence-electron chi connectivity index (χ2n) is 3.90. The van der Waals surface area contributed by atoms with E-state index in [1.54, 1.807) is 36.4 Å². The smallest absolute Gasteiger partial charge is 0.199 e. The average Bonchev–Trinajstić information content (AvgIpc) is 2.40. The molecule has 0 fully saturated rings. The third kappa shape index (κ3) is 2.94. The van der Waals surface area contributed by atoms with Gasteiger partial charge in [0.15, 0.2) is 14.9 Å². The van der Waals surface area contributed by atoms with Gasteiger partial charge in [-0.2, -0.15) is 0 Å². The number of aliphatic hydroxyl groups excluding tert-OH is 1. The molecule has 0 aliphatic rings. The Balaban J connectivity index is 2.22. The van der Waals surface area contributed by atoms with E-state index in [0.29, 0.717) is 5.56 Å². The highest BCUT2D eigenvalue weighted by atomic mass is 32.2. The number of hydrogen-bond donors (Lipinski definition) is 1. The van der Waals surface area contributed by atoms with Gasteiger partial charge in [0.25, 0.3) is 0 Å². The number of benzene rings is 1. The molecule has 0 aliphatic heterocycles. The van der Waals surface area contributed by atoms with Crippen LogP contribution in [0.5, 0.6) is 0 Å². The third-order valence-electron chi connectivity index (χ3n) is 2.52. The molecule has 1 aromatic carbocycles. The fourth-order valence-corrected chi connectivity index (χ4v) is 2.85. The minimum atomic E-state index is -3.41. The zero-order valence-electron chi connectivity index (χ0n) is 9.65. The molecule has 1 N–H and O–H groups in total. The number of sulfone groups is 1. The van der Waals surface area contributed by atoms with Crippen LogP contribution in [0, 0.1) is 0 Å². The summed E-state index contributed by atoms with van der Waals surface area (Å²) in [5.74, 6) is -0.0876. The maximum atomic E-state index is 12.0. The molecule has 0 bridgehead atoms. The van der Waals surface area contributed by atoms with Crippen molar-refractivity contribution in [3.8, 4) is 0 Å². The molecule has 0 unspecified atom stereocenters. The molecular weight excluding hydrogens is 250 g/mol. The molecule has 2 rings (SSSR count). The fraction of sp³-hybridized carbons (Fsp3) is 0.154. The molecule has 0 atom stereocenters. The lowest BCUT2D eigenvalue weighted by Crippen LogP contribution is -2.06. The van der Waals surface area contributed by atoms with Gasteiger partial charge in [-0.25, -0.2) is 13.4 Å². The fourth-order valence-electron chi connectivity index (χ4n) is 1.57. The van der Waals surface area contributed by atoms with Crippen molar-refractivity contribution in [3.05, 3.63) is 59.8 Å². The van der Waals surface area contributed by atoms with Crippen molar-refractivity contribution in [1.82, 2.24) is 4.98 Å². The molecule has 1 aromatic heterocycles. The molecular formula is C13H13NO3S. The number of rotatable bonds is 4. The Hall–Kier alpha value is -1.72. The summed E-state index contributed by atoms with van der Waals surface area (Å²) >= 11 is 0. The predicted octanol–water partition coefficient (Wildman–Crippen LogP) is 1.55. The molecule has 0 aliphatic carbocycles. The lowest BCUT2D eigenvalue weighted by atomic mass is 10.2. The number of pyridine rings is 1. The van der Waals surface area contributed by atoms with Crippen LogP contribution in [0.25, 0.3) is 0 Å². The topological polar surface area (TPSA) is 67.3 Å². The molecule has 5 heteroatoms. The van der Waals surface area contributed by atoms with E-state index in [1.165, 1.54) is 12.3 Å². The Morgan fingerprint density at radius 2 is 1.67 bits per heavy atom. The van der Waals surface area contributed by atoms with Gasteiger partial charge in [0.05, 0.1) is 12.4 Å². The molecule has 4 nitrogen and oxygen atoms in total. The minimum Gasteiger partial charge on any atom is -0.392 e. The van der Waals surface area contributed by atoms with Crippen LogP contribution in [-0.2, 0) is 22.2 Å². The van der Waals surface area contributed by atoms with Crippen molar-refractivity contribution in [2.75, 3.05) is 0 Å². The largest absolute Gasteiger partial charge is 0.392 e.